The van der Waals surface area contributed by atoms with Crippen LogP contribution in [-0.2, 0) is 13.1 Å². The lowest BCUT2D eigenvalue weighted by Gasteiger charge is -2.19. The highest BCUT2D eigenvalue weighted by atomic mass is 32.1. The van der Waals surface area contributed by atoms with Crippen LogP contribution in [0.4, 0.5) is 0 Å². The number of aromatic nitrogens is 1. The molecule has 0 aromatic carbocycles. The van der Waals surface area contributed by atoms with Gasteiger partial charge in [-0.05, 0) is 25.0 Å². The molecule has 1 amide bonds. The molecule has 2 aromatic rings. The van der Waals surface area contributed by atoms with Crippen molar-refractivity contribution in [3.05, 3.63) is 40.2 Å². The van der Waals surface area contributed by atoms with Gasteiger partial charge < -0.3 is 4.42 Å². The molecule has 2 aromatic heterocycles. The molecule has 0 aliphatic heterocycles. The molecule has 1 fully saturated rings. The van der Waals surface area contributed by atoms with Crippen molar-refractivity contribution in [3.63, 3.8) is 0 Å². The van der Waals surface area contributed by atoms with Gasteiger partial charge in [-0.2, -0.15) is 0 Å². The molecule has 0 bridgehead atoms. The lowest BCUT2D eigenvalue weighted by molar-refractivity contribution is 0.0953. The molecular formula is C13H16N4O2S. The summed E-state index contributed by atoms with van der Waals surface area (Å²) in [6.45, 7) is 1.49. The highest BCUT2D eigenvalue weighted by molar-refractivity contribution is 7.11. The van der Waals surface area contributed by atoms with Gasteiger partial charge >= 0.3 is 0 Å². The van der Waals surface area contributed by atoms with Gasteiger partial charge in [0.25, 0.3) is 5.91 Å². The summed E-state index contributed by atoms with van der Waals surface area (Å²) >= 11 is 1.31. The third-order valence-corrected chi connectivity index (χ3v) is 4.13. The van der Waals surface area contributed by atoms with E-state index >= 15 is 0 Å². The number of hydrogen-bond donors (Lipinski definition) is 2. The quantitative estimate of drug-likeness (QED) is 0.479. The summed E-state index contributed by atoms with van der Waals surface area (Å²) in [5.74, 6) is 5.72. The second-order valence-electron chi connectivity index (χ2n) is 4.83. The molecule has 0 atom stereocenters. The van der Waals surface area contributed by atoms with E-state index in [9.17, 15) is 4.79 Å². The molecule has 0 saturated heterocycles. The second-order valence-corrected chi connectivity index (χ2v) is 5.69. The van der Waals surface area contributed by atoms with Crippen LogP contribution in [-0.4, -0.2) is 21.8 Å². The van der Waals surface area contributed by atoms with Crippen molar-refractivity contribution in [2.75, 3.05) is 0 Å². The van der Waals surface area contributed by atoms with E-state index in [4.69, 9.17) is 10.3 Å². The first-order valence-electron chi connectivity index (χ1n) is 6.48. The monoisotopic (exact) mass is 292 g/mol. The van der Waals surface area contributed by atoms with E-state index in [1.54, 1.807) is 6.26 Å². The van der Waals surface area contributed by atoms with E-state index in [2.05, 4.69) is 15.3 Å². The fourth-order valence-corrected chi connectivity index (χ4v) is 2.82. The van der Waals surface area contributed by atoms with E-state index < -0.39 is 0 Å². The minimum atomic E-state index is -0.342. The Bertz CT molecular complexity index is 577. The Kier molecular flexibility index (Phi) is 3.81. The summed E-state index contributed by atoms with van der Waals surface area (Å²) in [6, 6.07) is 4.46. The first-order chi connectivity index (χ1) is 9.76. The maximum absolute atomic E-state index is 11.4. The van der Waals surface area contributed by atoms with Crippen LogP contribution in [0.3, 0.4) is 0 Å². The Morgan fingerprint density at radius 3 is 3.05 bits per heavy atom. The Hall–Kier alpha value is -1.70. The molecule has 3 N–H and O–H groups in total. The van der Waals surface area contributed by atoms with Gasteiger partial charge in [-0.1, -0.05) is 0 Å². The zero-order valence-electron chi connectivity index (χ0n) is 10.9. The van der Waals surface area contributed by atoms with E-state index in [0.717, 1.165) is 24.5 Å². The lowest BCUT2D eigenvalue weighted by atomic mass is 10.3. The van der Waals surface area contributed by atoms with Crippen LogP contribution in [0.25, 0.3) is 0 Å². The molecule has 3 rings (SSSR count). The van der Waals surface area contributed by atoms with Gasteiger partial charge in [0.15, 0.2) is 5.01 Å². The van der Waals surface area contributed by atoms with Crippen molar-refractivity contribution >= 4 is 17.2 Å². The van der Waals surface area contributed by atoms with Crippen LogP contribution >= 0.6 is 11.3 Å². The highest BCUT2D eigenvalue weighted by Crippen LogP contribution is 2.30. The zero-order valence-corrected chi connectivity index (χ0v) is 11.7. The van der Waals surface area contributed by atoms with Crippen LogP contribution in [0.15, 0.2) is 28.2 Å². The molecule has 6 nitrogen and oxygen atoms in total. The fraction of sp³-hybridized carbons (Fsp3) is 0.385. The summed E-state index contributed by atoms with van der Waals surface area (Å²) in [6.07, 6.45) is 4.11. The molecule has 1 aliphatic carbocycles. The van der Waals surface area contributed by atoms with Gasteiger partial charge in [0.1, 0.15) is 5.76 Å². The molecule has 7 heteroatoms. The highest BCUT2D eigenvalue weighted by Gasteiger charge is 2.30. The predicted octanol–water partition coefficient (Wildman–Crippen LogP) is 1.50. The second kappa shape index (κ2) is 5.74. The number of carbonyl (C=O) groups is 1. The summed E-state index contributed by atoms with van der Waals surface area (Å²) in [5.41, 5.74) is 3.00. The van der Waals surface area contributed by atoms with Crippen molar-refractivity contribution < 1.29 is 9.21 Å². The maximum Gasteiger partial charge on any atom is 0.294 e. The van der Waals surface area contributed by atoms with Crippen LogP contribution in [0.2, 0.25) is 0 Å². The molecule has 2 heterocycles. The van der Waals surface area contributed by atoms with E-state index in [1.165, 1.54) is 24.2 Å². The summed E-state index contributed by atoms with van der Waals surface area (Å²) in [7, 11) is 0. The Labute approximate surface area is 120 Å². The number of carbonyl (C=O) groups excluding carboxylic acids is 1. The number of hydrazine groups is 1. The predicted molar refractivity (Wildman–Crippen MR) is 74.7 cm³/mol. The normalized spacial score (nSPS) is 14.7. The standard InChI is InChI=1S/C13H16N4O2S/c14-16-12(18)13-15-9(8-20-13)6-17(10-3-4-10)7-11-2-1-5-19-11/h1-2,5,8,10H,3-4,6-7,14H2,(H,16,18). The lowest BCUT2D eigenvalue weighted by Crippen LogP contribution is -2.30. The van der Waals surface area contributed by atoms with Gasteiger partial charge in [0.2, 0.25) is 0 Å². The minimum Gasteiger partial charge on any atom is -0.468 e. The Balaban J connectivity index is 1.67. The fourth-order valence-electron chi connectivity index (χ4n) is 2.11. The van der Waals surface area contributed by atoms with Crippen molar-refractivity contribution in [2.45, 2.75) is 32.0 Å². The van der Waals surface area contributed by atoms with Gasteiger partial charge in [0.05, 0.1) is 18.5 Å². The van der Waals surface area contributed by atoms with Gasteiger partial charge in [-0.3, -0.25) is 15.1 Å². The third kappa shape index (κ3) is 3.06. The summed E-state index contributed by atoms with van der Waals surface area (Å²) in [5, 5.41) is 2.30. The molecule has 0 radical (unpaired) electrons. The van der Waals surface area contributed by atoms with Gasteiger partial charge in [0, 0.05) is 18.0 Å². The number of rotatable bonds is 6. The molecule has 1 saturated carbocycles. The van der Waals surface area contributed by atoms with Crippen LogP contribution in [0, 0.1) is 0 Å². The van der Waals surface area contributed by atoms with Gasteiger partial charge in [-0.15, -0.1) is 11.3 Å². The van der Waals surface area contributed by atoms with Crippen molar-refractivity contribution in [2.24, 2.45) is 5.84 Å². The first kappa shape index (κ1) is 13.3. The minimum absolute atomic E-state index is 0.342. The molecule has 20 heavy (non-hydrogen) atoms. The number of thiazole rings is 1. The van der Waals surface area contributed by atoms with E-state index in [1.807, 2.05) is 17.5 Å². The number of nitrogens with zero attached hydrogens (tertiary/aromatic N) is 2. The third-order valence-electron chi connectivity index (χ3n) is 3.24. The average Bonchev–Trinajstić information content (AvgIpc) is 2.99. The van der Waals surface area contributed by atoms with Crippen LogP contribution in [0.1, 0.15) is 34.1 Å². The number of nitrogens with two attached hydrogens (primary N) is 1. The molecular weight excluding hydrogens is 276 g/mol. The zero-order chi connectivity index (χ0) is 13.9. The maximum atomic E-state index is 11.4. The van der Waals surface area contributed by atoms with E-state index in [-0.39, 0.29) is 5.91 Å². The average molecular weight is 292 g/mol. The van der Waals surface area contributed by atoms with Crippen LogP contribution in [0.5, 0.6) is 0 Å². The van der Waals surface area contributed by atoms with Gasteiger partial charge in [-0.25, -0.2) is 10.8 Å². The summed E-state index contributed by atoms with van der Waals surface area (Å²) in [4.78, 5) is 18.0. The molecule has 0 unspecified atom stereocenters. The Morgan fingerprint density at radius 1 is 1.55 bits per heavy atom. The number of hydrogen-bond acceptors (Lipinski definition) is 6. The van der Waals surface area contributed by atoms with Crippen molar-refractivity contribution in [1.82, 2.24) is 15.3 Å². The Morgan fingerprint density at radius 2 is 2.40 bits per heavy atom. The topological polar surface area (TPSA) is 84.4 Å². The summed E-state index contributed by atoms with van der Waals surface area (Å²) < 4.78 is 5.40. The van der Waals surface area contributed by atoms with E-state index in [0.29, 0.717) is 11.0 Å². The first-order valence-corrected chi connectivity index (χ1v) is 7.36. The smallest absolute Gasteiger partial charge is 0.294 e. The van der Waals surface area contributed by atoms with Crippen molar-refractivity contribution in [1.29, 1.82) is 0 Å². The molecule has 106 valence electrons. The number of nitrogens with one attached hydrogen (secondary N) is 1. The largest absolute Gasteiger partial charge is 0.468 e. The number of nitrogen functional groups attached to an aromatic ring is 1. The number of amides is 1. The molecule has 1 aliphatic rings. The van der Waals surface area contributed by atoms with Crippen molar-refractivity contribution in [3.8, 4) is 0 Å². The van der Waals surface area contributed by atoms with Crippen LogP contribution < -0.4 is 11.3 Å². The molecule has 0 spiro atoms. The SMILES string of the molecule is NNC(=O)c1nc(CN(Cc2ccco2)C2CC2)cs1. The number of furan rings is 1.